The van der Waals surface area contributed by atoms with Gasteiger partial charge in [0, 0.05) is 44.3 Å². The van der Waals surface area contributed by atoms with Crippen LogP contribution in [-0.2, 0) is 28.9 Å². The van der Waals surface area contributed by atoms with Crippen molar-refractivity contribution in [2.45, 2.75) is 23.8 Å². The first kappa shape index (κ1) is 24.4. The molecule has 2 aromatic carbocycles. The molecule has 0 saturated carbocycles. The summed E-state index contributed by atoms with van der Waals surface area (Å²) < 4.78 is 106. The maximum atomic E-state index is 13.1. The van der Waals surface area contributed by atoms with Crippen LogP contribution in [0.1, 0.15) is 16.7 Å². The number of rotatable bonds is 4. The van der Waals surface area contributed by atoms with Crippen LogP contribution in [0.2, 0.25) is 0 Å². The molecule has 0 unspecified atom stereocenters. The van der Waals surface area contributed by atoms with Crippen LogP contribution < -0.4 is 0 Å². The third-order valence-corrected chi connectivity index (χ3v) is 7.54. The lowest BCUT2D eigenvalue weighted by Gasteiger charge is -2.34. The average Bonchev–Trinajstić information content (AvgIpc) is 2.78. The van der Waals surface area contributed by atoms with E-state index >= 15 is 0 Å². The van der Waals surface area contributed by atoms with Crippen molar-refractivity contribution < 1.29 is 34.8 Å². The minimum Gasteiger partial charge on any atom is -0.296 e. The van der Waals surface area contributed by atoms with Crippen molar-refractivity contribution in [2.75, 3.05) is 26.2 Å². The van der Waals surface area contributed by atoms with Gasteiger partial charge in [-0.2, -0.15) is 30.6 Å². The van der Waals surface area contributed by atoms with Gasteiger partial charge in [-0.1, -0.05) is 18.2 Å². The van der Waals surface area contributed by atoms with Gasteiger partial charge in [0.25, 0.3) is 0 Å². The van der Waals surface area contributed by atoms with Crippen molar-refractivity contribution in [3.8, 4) is 0 Å². The fourth-order valence-electron chi connectivity index (χ4n) is 3.89. The molecule has 182 valence electrons. The Hall–Kier alpha value is -2.70. The van der Waals surface area contributed by atoms with E-state index < -0.39 is 38.4 Å². The Balaban J connectivity index is 1.54. The van der Waals surface area contributed by atoms with E-state index in [0.717, 1.165) is 20.8 Å². The van der Waals surface area contributed by atoms with Gasteiger partial charge in [0.1, 0.15) is 0 Å². The van der Waals surface area contributed by atoms with E-state index in [2.05, 4.69) is 4.98 Å². The molecule has 0 atom stereocenters. The largest absolute Gasteiger partial charge is 0.416 e. The number of aromatic nitrogens is 1. The fraction of sp³-hybridized carbons (Fsp3) is 0.318. The Labute approximate surface area is 191 Å². The van der Waals surface area contributed by atoms with Crippen molar-refractivity contribution >= 4 is 20.9 Å². The highest BCUT2D eigenvalue weighted by Gasteiger charge is 2.39. The quantitative estimate of drug-likeness (QED) is 0.481. The summed E-state index contributed by atoms with van der Waals surface area (Å²) in [5, 5.41) is 0.948. The van der Waals surface area contributed by atoms with Crippen LogP contribution >= 0.6 is 0 Å². The lowest BCUT2D eigenvalue weighted by Crippen LogP contribution is -2.48. The smallest absolute Gasteiger partial charge is 0.296 e. The molecule has 1 aliphatic rings. The molecule has 1 saturated heterocycles. The normalized spacial score (nSPS) is 16.8. The van der Waals surface area contributed by atoms with Crippen molar-refractivity contribution in [1.82, 2.24) is 14.2 Å². The minimum atomic E-state index is -5.13. The average molecular weight is 503 g/mol. The maximum Gasteiger partial charge on any atom is 0.416 e. The molecule has 2 heterocycles. The number of pyridine rings is 1. The summed E-state index contributed by atoms with van der Waals surface area (Å²) in [6.07, 6.45) is -8.58. The third-order valence-electron chi connectivity index (χ3n) is 5.66. The Bertz CT molecular complexity index is 1260. The van der Waals surface area contributed by atoms with E-state index in [4.69, 9.17) is 0 Å². The minimum absolute atomic E-state index is 0.0665. The summed E-state index contributed by atoms with van der Waals surface area (Å²) in [5.74, 6) is 0. The summed E-state index contributed by atoms with van der Waals surface area (Å²) in [5.41, 5.74) is -1.53. The summed E-state index contributed by atoms with van der Waals surface area (Å²) in [4.78, 5) is 5.24. The number of hydrogen-bond acceptors (Lipinski definition) is 4. The first-order valence-electron chi connectivity index (χ1n) is 10.2. The molecule has 34 heavy (non-hydrogen) atoms. The number of hydrogen-bond donors (Lipinski definition) is 0. The van der Waals surface area contributed by atoms with Crippen LogP contribution in [0.4, 0.5) is 26.3 Å². The van der Waals surface area contributed by atoms with Crippen molar-refractivity contribution in [2.24, 2.45) is 0 Å². The first-order chi connectivity index (χ1) is 15.9. The molecule has 3 aromatic rings. The molecule has 0 N–H and O–H groups in total. The van der Waals surface area contributed by atoms with E-state index in [-0.39, 0.29) is 44.4 Å². The Morgan fingerprint density at radius 1 is 0.824 bits per heavy atom. The second kappa shape index (κ2) is 8.82. The summed E-state index contributed by atoms with van der Waals surface area (Å²) in [6.45, 7) is 0.895. The highest BCUT2D eigenvalue weighted by atomic mass is 32.2. The molecule has 0 amide bonds. The van der Waals surface area contributed by atoms with Crippen LogP contribution in [0.3, 0.4) is 0 Å². The van der Waals surface area contributed by atoms with E-state index in [0.29, 0.717) is 6.54 Å². The number of halogens is 6. The van der Waals surface area contributed by atoms with Crippen LogP contribution in [0.25, 0.3) is 10.9 Å². The second-order valence-corrected chi connectivity index (χ2v) is 9.85. The number of benzene rings is 2. The SMILES string of the molecule is O=S(=O)(c1cc(C(F)(F)F)cc(C(F)(F)F)c1)N1CCN(Cc2ccnc3ccccc23)CC1. The van der Waals surface area contributed by atoms with Gasteiger partial charge in [0.2, 0.25) is 10.0 Å². The summed E-state index contributed by atoms with van der Waals surface area (Å²) >= 11 is 0. The van der Waals surface area contributed by atoms with Crippen molar-refractivity contribution in [1.29, 1.82) is 0 Å². The fourth-order valence-corrected chi connectivity index (χ4v) is 5.38. The van der Waals surface area contributed by atoms with Gasteiger partial charge in [-0.25, -0.2) is 8.42 Å². The predicted molar refractivity (Wildman–Crippen MR) is 112 cm³/mol. The maximum absolute atomic E-state index is 13.1. The molecule has 0 bridgehead atoms. The zero-order chi connectivity index (χ0) is 24.7. The van der Waals surface area contributed by atoms with Gasteiger partial charge in [-0.3, -0.25) is 9.88 Å². The van der Waals surface area contributed by atoms with Crippen molar-refractivity contribution in [3.05, 3.63) is 71.4 Å². The number of piperazine rings is 1. The molecular weight excluding hydrogens is 484 g/mol. The van der Waals surface area contributed by atoms with Crippen LogP contribution in [-0.4, -0.2) is 48.8 Å². The third kappa shape index (κ3) is 5.03. The molecule has 1 aromatic heterocycles. The number of nitrogens with zero attached hydrogens (tertiary/aromatic N) is 3. The van der Waals surface area contributed by atoms with Gasteiger partial charge in [0.05, 0.1) is 21.5 Å². The number of para-hydroxylation sites is 1. The molecule has 1 fully saturated rings. The zero-order valence-electron chi connectivity index (χ0n) is 17.6. The lowest BCUT2D eigenvalue weighted by molar-refractivity contribution is -0.143. The molecular formula is C22H19F6N3O2S. The molecule has 0 spiro atoms. The molecule has 12 heteroatoms. The lowest BCUT2D eigenvalue weighted by atomic mass is 10.1. The van der Waals surface area contributed by atoms with E-state index in [1.165, 1.54) is 0 Å². The summed E-state index contributed by atoms with van der Waals surface area (Å²) in [6, 6.07) is 9.80. The van der Waals surface area contributed by atoms with E-state index in [1.54, 1.807) is 6.20 Å². The Morgan fingerprint density at radius 3 is 2.00 bits per heavy atom. The molecule has 1 aliphatic heterocycles. The van der Waals surface area contributed by atoms with Gasteiger partial charge >= 0.3 is 12.4 Å². The van der Waals surface area contributed by atoms with Crippen molar-refractivity contribution in [3.63, 3.8) is 0 Å². The van der Waals surface area contributed by atoms with Gasteiger partial charge in [-0.05, 0) is 35.9 Å². The predicted octanol–water partition coefficient (Wildman–Crippen LogP) is 4.78. The molecule has 4 rings (SSSR count). The van der Waals surface area contributed by atoms with E-state index in [9.17, 15) is 34.8 Å². The highest BCUT2D eigenvalue weighted by molar-refractivity contribution is 7.89. The van der Waals surface area contributed by atoms with Crippen LogP contribution in [0.5, 0.6) is 0 Å². The topological polar surface area (TPSA) is 53.5 Å². The van der Waals surface area contributed by atoms with E-state index in [1.807, 2.05) is 35.2 Å². The number of fused-ring (bicyclic) bond motifs is 1. The molecule has 5 nitrogen and oxygen atoms in total. The standard InChI is InChI=1S/C22H19F6N3O2S/c23-21(24,25)16-11-17(22(26,27)28)13-18(12-16)34(32,33)31-9-7-30(8-10-31)14-15-5-6-29-20-4-2-1-3-19(15)20/h1-6,11-13H,7-10,14H2. The number of alkyl halides is 6. The number of sulfonamides is 1. The Morgan fingerprint density at radius 2 is 1.41 bits per heavy atom. The zero-order valence-corrected chi connectivity index (χ0v) is 18.4. The van der Waals surface area contributed by atoms with Gasteiger partial charge < -0.3 is 0 Å². The summed E-state index contributed by atoms with van der Waals surface area (Å²) in [7, 11) is -4.56. The molecule has 0 aliphatic carbocycles. The van der Waals surface area contributed by atoms with Gasteiger partial charge in [0.15, 0.2) is 0 Å². The first-order valence-corrected chi connectivity index (χ1v) is 11.6. The monoisotopic (exact) mass is 503 g/mol. The van der Waals surface area contributed by atoms with Crippen LogP contribution in [0, 0.1) is 0 Å². The van der Waals surface area contributed by atoms with Gasteiger partial charge in [-0.15, -0.1) is 0 Å². The highest BCUT2D eigenvalue weighted by Crippen LogP contribution is 2.38. The van der Waals surface area contributed by atoms with Crippen LogP contribution in [0.15, 0.2) is 59.6 Å². The second-order valence-electron chi connectivity index (χ2n) is 7.91. The Kier molecular flexibility index (Phi) is 6.34. The molecule has 0 radical (unpaired) electrons.